The number of benzene rings is 9. The molecule has 0 spiro atoms. The number of fused-ring (bicyclic) bond motifs is 2. The van der Waals surface area contributed by atoms with Crippen LogP contribution in [0.25, 0.3) is 50.4 Å². The number of rotatable bonds is 8. The van der Waals surface area contributed by atoms with Gasteiger partial charge in [-0.25, -0.2) is 4.98 Å². The first kappa shape index (κ1) is 36.0. The van der Waals surface area contributed by atoms with E-state index in [1.165, 1.54) is 20.7 Å². The Bertz CT molecular complexity index is 3090. The van der Waals surface area contributed by atoms with Gasteiger partial charge in [0.15, 0.2) is 15.2 Å². The number of hydrogen-bond acceptors (Lipinski definition) is 2. The quantitative estimate of drug-likeness (QED) is 0.0873. The molecule has 1 atom stereocenters. The summed E-state index contributed by atoms with van der Waals surface area (Å²) in [7, 11) is -5.90. The van der Waals surface area contributed by atoms with Crippen molar-refractivity contribution in [2.75, 3.05) is 0 Å². The zero-order chi connectivity index (χ0) is 40.1. The van der Waals surface area contributed by atoms with E-state index in [2.05, 4.69) is 174 Å². The van der Waals surface area contributed by atoms with Gasteiger partial charge in [-0.2, -0.15) is 0 Å². The maximum atomic E-state index is 16.0. The van der Waals surface area contributed by atoms with Gasteiger partial charge in [0.05, 0.1) is 16.7 Å². The number of nitrogens with zero attached hydrogens (tertiary/aromatic N) is 2. The Hall–Kier alpha value is -7.10. The molecule has 10 aromatic rings. The third-order valence-electron chi connectivity index (χ3n) is 12.2. The highest BCUT2D eigenvalue weighted by Gasteiger charge is 2.42. The molecule has 1 aromatic heterocycles. The van der Waals surface area contributed by atoms with Crippen molar-refractivity contribution in [1.82, 2.24) is 9.55 Å². The predicted octanol–water partition coefficient (Wildman–Crippen LogP) is 9.36. The second-order valence-corrected chi connectivity index (χ2v) is 21.9. The van der Waals surface area contributed by atoms with Gasteiger partial charge in [-0.3, -0.25) is 4.57 Å². The topological polar surface area (TPSA) is 34.9 Å². The summed E-state index contributed by atoms with van der Waals surface area (Å²) >= 11 is 0. The van der Waals surface area contributed by atoms with Crippen molar-refractivity contribution in [3.63, 3.8) is 0 Å². The fourth-order valence-electron chi connectivity index (χ4n) is 9.40. The van der Waals surface area contributed by atoms with E-state index in [0.29, 0.717) is 0 Å². The lowest BCUT2D eigenvalue weighted by atomic mass is 10.00. The van der Waals surface area contributed by atoms with E-state index < -0.39 is 15.2 Å². The Morgan fingerprint density at radius 2 is 0.833 bits per heavy atom. The van der Waals surface area contributed by atoms with Crippen molar-refractivity contribution < 1.29 is 4.57 Å². The summed E-state index contributed by atoms with van der Waals surface area (Å²) in [5, 5.41) is 7.89. The molecule has 0 amide bonds. The van der Waals surface area contributed by atoms with Crippen LogP contribution >= 0.6 is 7.14 Å². The molecule has 5 heteroatoms. The maximum Gasteiger partial charge on any atom is 0.179 e. The maximum absolute atomic E-state index is 16.0. The fourth-order valence-corrected chi connectivity index (χ4v) is 17.2. The summed E-state index contributed by atoms with van der Waals surface area (Å²) in [6.07, 6.45) is 0. The van der Waals surface area contributed by atoms with Crippen LogP contribution in [0.4, 0.5) is 0 Å². The van der Waals surface area contributed by atoms with Crippen LogP contribution in [-0.4, -0.2) is 17.6 Å². The molecule has 2 heterocycles. The minimum atomic E-state index is -3.29. The van der Waals surface area contributed by atoms with Gasteiger partial charge in [-0.1, -0.05) is 212 Å². The van der Waals surface area contributed by atoms with Gasteiger partial charge < -0.3 is 4.57 Å². The Labute approximate surface area is 351 Å². The highest BCUT2D eigenvalue weighted by atomic mass is 31.2. The molecule has 11 rings (SSSR count). The molecule has 1 aliphatic rings. The van der Waals surface area contributed by atoms with Crippen LogP contribution in [0.1, 0.15) is 0 Å². The van der Waals surface area contributed by atoms with Gasteiger partial charge in [0, 0.05) is 21.5 Å². The van der Waals surface area contributed by atoms with Gasteiger partial charge in [0.2, 0.25) is 0 Å². The SMILES string of the molecule is O=P1(c2ccccc2)c2cc(-c3ccc(-c4ccc([Si](c5ccccc5)(c5ccccc5)c5ccccc5)cc4)cc3)ccc2-n2c(-c3ccccc3)nc3cccc1c32. The summed E-state index contributed by atoms with van der Waals surface area (Å²) in [6, 6.07) is 83.9. The minimum Gasteiger partial charge on any atom is -0.308 e. The average Bonchev–Trinajstić information content (AvgIpc) is 3.73. The molecule has 1 aliphatic heterocycles. The molecule has 0 N–H and O–H groups in total. The molecule has 60 heavy (non-hydrogen) atoms. The summed E-state index contributed by atoms with van der Waals surface area (Å²) in [5.41, 5.74) is 8.08. The minimum absolute atomic E-state index is 0.822. The summed E-state index contributed by atoms with van der Waals surface area (Å²) in [6.45, 7) is 0. The molecule has 0 fully saturated rings. The third-order valence-corrected chi connectivity index (χ3v) is 20.1. The van der Waals surface area contributed by atoms with E-state index in [1.807, 2.05) is 66.7 Å². The smallest absolute Gasteiger partial charge is 0.179 e. The molecular formula is C55H39N2OPSi. The summed E-state index contributed by atoms with van der Waals surface area (Å²) < 4.78 is 18.2. The highest BCUT2D eigenvalue weighted by molar-refractivity contribution is 7.86. The van der Waals surface area contributed by atoms with Gasteiger partial charge in [0.1, 0.15) is 5.82 Å². The summed E-state index contributed by atoms with van der Waals surface area (Å²) in [5.74, 6) is 0.845. The van der Waals surface area contributed by atoms with Crippen molar-refractivity contribution in [2.45, 2.75) is 0 Å². The van der Waals surface area contributed by atoms with E-state index in [9.17, 15) is 0 Å². The van der Waals surface area contributed by atoms with E-state index in [-0.39, 0.29) is 0 Å². The van der Waals surface area contributed by atoms with E-state index in [4.69, 9.17) is 4.98 Å². The second kappa shape index (κ2) is 14.6. The first-order valence-corrected chi connectivity index (χ1v) is 24.1. The number of imidazole rings is 1. The van der Waals surface area contributed by atoms with Gasteiger partial charge in [-0.15, -0.1) is 0 Å². The van der Waals surface area contributed by atoms with Crippen molar-refractivity contribution >= 4 is 62.9 Å². The van der Waals surface area contributed by atoms with E-state index in [0.717, 1.165) is 66.3 Å². The molecule has 0 saturated heterocycles. The largest absolute Gasteiger partial charge is 0.308 e. The lowest BCUT2D eigenvalue weighted by molar-refractivity contribution is 0.592. The molecule has 284 valence electrons. The zero-order valence-electron chi connectivity index (χ0n) is 32.8. The van der Waals surface area contributed by atoms with Gasteiger partial charge in [0.25, 0.3) is 0 Å². The van der Waals surface area contributed by atoms with Crippen LogP contribution in [0.3, 0.4) is 0 Å². The number of hydrogen-bond donors (Lipinski definition) is 0. The molecule has 1 unspecified atom stereocenters. The first-order chi connectivity index (χ1) is 29.6. The van der Waals surface area contributed by atoms with Crippen molar-refractivity contribution in [3.8, 4) is 39.3 Å². The lowest BCUT2D eigenvalue weighted by Crippen LogP contribution is -2.74. The van der Waals surface area contributed by atoms with Gasteiger partial charge in [-0.05, 0) is 67.3 Å². The van der Waals surface area contributed by atoms with Crippen molar-refractivity contribution in [1.29, 1.82) is 0 Å². The fraction of sp³-hybridized carbons (Fsp3) is 0. The highest BCUT2D eigenvalue weighted by Crippen LogP contribution is 2.50. The number of aromatic nitrogens is 2. The Kier molecular flexibility index (Phi) is 8.77. The Morgan fingerprint density at radius 3 is 1.38 bits per heavy atom. The first-order valence-electron chi connectivity index (χ1n) is 20.4. The lowest BCUT2D eigenvalue weighted by Gasteiger charge is -2.34. The van der Waals surface area contributed by atoms with Gasteiger partial charge >= 0.3 is 0 Å². The molecule has 0 bridgehead atoms. The van der Waals surface area contributed by atoms with Crippen LogP contribution in [0.15, 0.2) is 237 Å². The van der Waals surface area contributed by atoms with Crippen LogP contribution < -0.4 is 36.7 Å². The Balaban J connectivity index is 1.00. The predicted molar refractivity (Wildman–Crippen MR) is 254 cm³/mol. The van der Waals surface area contributed by atoms with Crippen molar-refractivity contribution in [2.24, 2.45) is 0 Å². The molecule has 0 saturated carbocycles. The van der Waals surface area contributed by atoms with Crippen LogP contribution in [-0.2, 0) is 4.57 Å². The monoisotopic (exact) mass is 802 g/mol. The van der Waals surface area contributed by atoms with Crippen LogP contribution in [0.2, 0.25) is 0 Å². The zero-order valence-corrected chi connectivity index (χ0v) is 34.7. The van der Waals surface area contributed by atoms with Crippen LogP contribution in [0.5, 0.6) is 0 Å². The Morgan fingerprint density at radius 1 is 0.383 bits per heavy atom. The van der Waals surface area contributed by atoms with Crippen molar-refractivity contribution in [3.05, 3.63) is 237 Å². The van der Waals surface area contributed by atoms with E-state index >= 15 is 4.57 Å². The molecule has 0 radical (unpaired) electrons. The molecule has 9 aromatic carbocycles. The number of para-hydroxylation sites is 1. The average molecular weight is 803 g/mol. The normalized spacial score (nSPS) is 14.5. The summed E-state index contributed by atoms with van der Waals surface area (Å²) in [4.78, 5) is 5.14. The van der Waals surface area contributed by atoms with Crippen LogP contribution in [0, 0.1) is 0 Å². The molecular weight excluding hydrogens is 764 g/mol. The third kappa shape index (κ3) is 5.64. The second-order valence-electron chi connectivity index (χ2n) is 15.4. The molecule has 0 aliphatic carbocycles. The van der Waals surface area contributed by atoms with E-state index in [1.54, 1.807) is 0 Å². The molecule has 3 nitrogen and oxygen atoms in total. The standard InChI is InChI=1S/C55H39N2OPSi/c58-59(45-19-8-2-9-20-45)52-28-16-27-50-54(52)57(55(56-50)43-17-6-1-7-18-43)51-38-35-44(39-53(51)59)42-31-29-40(30-32-42)41-33-36-49(37-34-41)60(46-21-10-3-11-22-46,47-23-12-4-13-24-47)48-25-14-5-15-26-48/h1-39H.